The summed E-state index contributed by atoms with van der Waals surface area (Å²) in [5, 5.41) is 13.2. The number of aliphatic hydroxyl groups excluding tert-OH is 1. The van der Waals surface area contributed by atoms with Crippen molar-refractivity contribution < 1.29 is 9.84 Å². The van der Waals surface area contributed by atoms with Gasteiger partial charge < -0.3 is 15.2 Å². The van der Waals surface area contributed by atoms with E-state index in [2.05, 4.69) is 5.32 Å². The maximum absolute atomic E-state index is 9.83. The maximum Gasteiger partial charge on any atom is 0.0897 e. The molecule has 3 heteroatoms. The molecule has 0 bridgehead atoms. The standard InChI is InChI=1S/C15H29NO2/c17-14(11-16-10-9-13-5-4-6-13)12-18-15-7-2-1-3-8-15/h13-17H,1-12H2. The molecule has 2 saturated carbocycles. The summed E-state index contributed by atoms with van der Waals surface area (Å²) in [6.45, 7) is 2.23. The van der Waals surface area contributed by atoms with Crippen LogP contribution in [0.15, 0.2) is 0 Å². The van der Waals surface area contributed by atoms with Crippen LogP contribution in [0, 0.1) is 5.92 Å². The zero-order chi connectivity index (χ0) is 12.6. The van der Waals surface area contributed by atoms with Gasteiger partial charge in [-0.15, -0.1) is 0 Å². The summed E-state index contributed by atoms with van der Waals surface area (Å²) < 4.78 is 5.77. The van der Waals surface area contributed by atoms with Crippen LogP contribution in [0.4, 0.5) is 0 Å². The summed E-state index contributed by atoms with van der Waals surface area (Å²) in [5.41, 5.74) is 0. The quantitative estimate of drug-likeness (QED) is 0.655. The third-order valence-corrected chi connectivity index (χ3v) is 4.41. The van der Waals surface area contributed by atoms with Crippen LogP contribution >= 0.6 is 0 Å². The van der Waals surface area contributed by atoms with Gasteiger partial charge in [-0.05, 0) is 31.7 Å². The average Bonchev–Trinajstić information content (AvgIpc) is 2.35. The fourth-order valence-corrected chi connectivity index (χ4v) is 2.89. The largest absolute Gasteiger partial charge is 0.389 e. The second-order valence-corrected chi connectivity index (χ2v) is 6.04. The molecule has 0 aromatic rings. The lowest BCUT2D eigenvalue weighted by atomic mass is 9.83. The number of aliphatic hydroxyl groups is 1. The van der Waals surface area contributed by atoms with Gasteiger partial charge in [-0.3, -0.25) is 0 Å². The molecule has 2 aliphatic carbocycles. The molecule has 0 heterocycles. The molecular weight excluding hydrogens is 226 g/mol. The van der Waals surface area contributed by atoms with Gasteiger partial charge in [-0.2, -0.15) is 0 Å². The molecule has 0 aromatic heterocycles. The summed E-state index contributed by atoms with van der Waals surface area (Å²) in [5.74, 6) is 0.952. The molecule has 18 heavy (non-hydrogen) atoms. The number of hydrogen-bond acceptors (Lipinski definition) is 3. The topological polar surface area (TPSA) is 41.5 Å². The van der Waals surface area contributed by atoms with E-state index in [9.17, 15) is 5.11 Å². The van der Waals surface area contributed by atoms with E-state index in [1.807, 2.05) is 0 Å². The van der Waals surface area contributed by atoms with Crippen molar-refractivity contribution >= 4 is 0 Å². The molecule has 2 fully saturated rings. The van der Waals surface area contributed by atoms with Gasteiger partial charge in [0.05, 0.1) is 18.8 Å². The minimum atomic E-state index is -0.340. The molecule has 2 aliphatic rings. The predicted octanol–water partition coefficient (Wildman–Crippen LogP) is 2.48. The third kappa shape index (κ3) is 5.25. The molecule has 0 radical (unpaired) electrons. The first-order chi connectivity index (χ1) is 8.84. The first-order valence-corrected chi connectivity index (χ1v) is 7.85. The van der Waals surface area contributed by atoms with E-state index < -0.39 is 0 Å². The molecule has 0 aliphatic heterocycles. The molecule has 0 saturated heterocycles. The van der Waals surface area contributed by atoms with Crippen molar-refractivity contribution in [1.82, 2.24) is 5.32 Å². The first-order valence-electron chi connectivity index (χ1n) is 7.85. The van der Waals surface area contributed by atoms with Crippen LogP contribution in [0.25, 0.3) is 0 Å². The molecule has 3 nitrogen and oxygen atoms in total. The highest BCUT2D eigenvalue weighted by Gasteiger charge is 2.17. The number of ether oxygens (including phenoxy) is 1. The van der Waals surface area contributed by atoms with Crippen LogP contribution in [0.3, 0.4) is 0 Å². The summed E-state index contributed by atoms with van der Waals surface area (Å²) >= 11 is 0. The Bertz CT molecular complexity index is 213. The molecular formula is C15H29NO2. The molecule has 0 spiro atoms. The van der Waals surface area contributed by atoms with E-state index in [1.54, 1.807) is 0 Å². The average molecular weight is 255 g/mol. The third-order valence-electron chi connectivity index (χ3n) is 4.41. The number of rotatable bonds is 8. The van der Waals surface area contributed by atoms with Crippen LogP contribution in [0.5, 0.6) is 0 Å². The number of hydrogen-bond donors (Lipinski definition) is 2. The van der Waals surface area contributed by atoms with Gasteiger partial charge in [-0.1, -0.05) is 38.5 Å². The maximum atomic E-state index is 9.83. The Labute approximate surface area is 111 Å². The second kappa shape index (κ2) is 8.13. The van der Waals surface area contributed by atoms with Crippen molar-refractivity contribution in [3.63, 3.8) is 0 Å². The van der Waals surface area contributed by atoms with E-state index >= 15 is 0 Å². The fourth-order valence-electron chi connectivity index (χ4n) is 2.89. The Balaban J connectivity index is 1.42. The summed E-state index contributed by atoms with van der Waals surface area (Å²) in [6, 6.07) is 0. The van der Waals surface area contributed by atoms with Crippen molar-refractivity contribution in [2.75, 3.05) is 19.7 Å². The van der Waals surface area contributed by atoms with E-state index in [4.69, 9.17) is 4.74 Å². The van der Waals surface area contributed by atoms with Crippen molar-refractivity contribution in [2.45, 2.75) is 70.0 Å². The van der Waals surface area contributed by atoms with Crippen molar-refractivity contribution in [3.8, 4) is 0 Å². The van der Waals surface area contributed by atoms with E-state index in [1.165, 1.54) is 57.8 Å². The van der Waals surface area contributed by atoms with Crippen LogP contribution in [-0.4, -0.2) is 37.0 Å². The smallest absolute Gasteiger partial charge is 0.0897 e. The van der Waals surface area contributed by atoms with Gasteiger partial charge >= 0.3 is 0 Å². The fraction of sp³-hybridized carbons (Fsp3) is 1.00. The van der Waals surface area contributed by atoms with E-state index in [0.717, 1.165) is 12.5 Å². The van der Waals surface area contributed by atoms with Gasteiger partial charge in [0.15, 0.2) is 0 Å². The van der Waals surface area contributed by atoms with E-state index in [0.29, 0.717) is 19.3 Å². The van der Waals surface area contributed by atoms with Gasteiger partial charge in [-0.25, -0.2) is 0 Å². The molecule has 1 atom stereocenters. The molecule has 0 amide bonds. The van der Waals surface area contributed by atoms with E-state index in [-0.39, 0.29) is 6.10 Å². The lowest BCUT2D eigenvalue weighted by molar-refractivity contribution is -0.0230. The lowest BCUT2D eigenvalue weighted by Gasteiger charge is -2.26. The monoisotopic (exact) mass is 255 g/mol. The summed E-state index contributed by atoms with van der Waals surface area (Å²) in [4.78, 5) is 0. The highest BCUT2D eigenvalue weighted by molar-refractivity contribution is 4.71. The second-order valence-electron chi connectivity index (χ2n) is 6.04. The molecule has 106 valence electrons. The number of nitrogens with one attached hydrogen (secondary N) is 1. The van der Waals surface area contributed by atoms with Crippen LogP contribution in [0.2, 0.25) is 0 Å². The Morgan fingerprint density at radius 3 is 2.50 bits per heavy atom. The molecule has 2 rings (SSSR count). The predicted molar refractivity (Wildman–Crippen MR) is 73.7 cm³/mol. The van der Waals surface area contributed by atoms with Crippen molar-refractivity contribution in [2.24, 2.45) is 5.92 Å². The minimum absolute atomic E-state index is 0.340. The van der Waals surface area contributed by atoms with Crippen LogP contribution in [0.1, 0.15) is 57.8 Å². The summed E-state index contributed by atoms with van der Waals surface area (Å²) in [7, 11) is 0. The van der Waals surface area contributed by atoms with Gasteiger partial charge in [0.25, 0.3) is 0 Å². The van der Waals surface area contributed by atoms with Gasteiger partial charge in [0, 0.05) is 6.54 Å². The van der Waals surface area contributed by atoms with Crippen molar-refractivity contribution in [1.29, 1.82) is 0 Å². The Morgan fingerprint density at radius 2 is 1.83 bits per heavy atom. The zero-order valence-electron chi connectivity index (χ0n) is 11.6. The van der Waals surface area contributed by atoms with Crippen molar-refractivity contribution in [3.05, 3.63) is 0 Å². The highest BCUT2D eigenvalue weighted by Crippen LogP contribution is 2.28. The SMILES string of the molecule is OC(CNCCC1CCC1)COC1CCCCC1. The van der Waals surface area contributed by atoms with Crippen LogP contribution < -0.4 is 5.32 Å². The minimum Gasteiger partial charge on any atom is -0.389 e. The summed E-state index contributed by atoms with van der Waals surface area (Å²) in [6.07, 6.45) is 11.9. The Kier molecular flexibility index (Phi) is 6.46. The first kappa shape index (κ1) is 14.3. The Hall–Kier alpha value is -0.120. The molecule has 0 aromatic carbocycles. The molecule has 2 N–H and O–H groups in total. The normalized spacial score (nSPS) is 23.8. The van der Waals surface area contributed by atoms with Gasteiger partial charge in [0.2, 0.25) is 0 Å². The molecule has 1 unspecified atom stereocenters. The highest BCUT2D eigenvalue weighted by atomic mass is 16.5. The lowest BCUT2D eigenvalue weighted by Crippen LogP contribution is -2.33. The van der Waals surface area contributed by atoms with Gasteiger partial charge in [0.1, 0.15) is 0 Å². The Morgan fingerprint density at radius 1 is 1.06 bits per heavy atom. The van der Waals surface area contributed by atoms with Crippen LogP contribution in [-0.2, 0) is 4.74 Å². The zero-order valence-corrected chi connectivity index (χ0v) is 11.6.